The van der Waals surface area contributed by atoms with Gasteiger partial charge in [-0.3, -0.25) is 4.79 Å². The van der Waals surface area contributed by atoms with Crippen molar-refractivity contribution in [2.24, 2.45) is 0 Å². The number of nitrogens with zero attached hydrogens (tertiary/aromatic N) is 1. The number of amides is 1. The molecule has 0 radical (unpaired) electrons. The Balaban J connectivity index is 1.64. The lowest BCUT2D eigenvalue weighted by atomic mass is 9.84. The van der Waals surface area contributed by atoms with Crippen LogP contribution in [0.4, 0.5) is 0 Å². The lowest BCUT2D eigenvalue weighted by Gasteiger charge is -2.44. The van der Waals surface area contributed by atoms with E-state index in [1.807, 2.05) is 53.9 Å². The molecule has 2 aliphatic rings. The van der Waals surface area contributed by atoms with Gasteiger partial charge < -0.3 is 4.90 Å². The predicted octanol–water partition coefficient (Wildman–Crippen LogP) is 7.50. The van der Waals surface area contributed by atoms with Gasteiger partial charge in [-0.2, -0.15) is 0 Å². The van der Waals surface area contributed by atoms with E-state index in [0.29, 0.717) is 0 Å². The number of carbonyl (C=O) groups is 1. The Hall–Kier alpha value is -2.95. The first-order chi connectivity index (χ1) is 17.3. The van der Waals surface area contributed by atoms with Crippen LogP contribution in [0.3, 0.4) is 0 Å². The van der Waals surface area contributed by atoms with E-state index in [1.165, 1.54) is 23.1 Å². The summed E-state index contributed by atoms with van der Waals surface area (Å²) in [6.07, 6.45) is 1.18. The fourth-order valence-corrected chi connectivity index (χ4v) is 9.50. The van der Waals surface area contributed by atoms with Crippen molar-refractivity contribution < 1.29 is 4.79 Å². The Morgan fingerprint density at radius 2 is 1.14 bits per heavy atom. The van der Waals surface area contributed by atoms with E-state index in [0.717, 1.165) is 17.1 Å². The number of rotatable bonds is 5. The maximum absolute atomic E-state index is 14.3. The Bertz CT molecular complexity index is 1290. The van der Waals surface area contributed by atoms with Gasteiger partial charge in [0.25, 0.3) is 5.91 Å². The van der Waals surface area contributed by atoms with Gasteiger partial charge >= 0.3 is 0 Å². The molecule has 0 bridgehead atoms. The summed E-state index contributed by atoms with van der Waals surface area (Å²) < 4.78 is -0.321. The minimum absolute atomic E-state index is 0.0582. The molecule has 2 fully saturated rings. The van der Waals surface area contributed by atoms with E-state index in [4.69, 9.17) is 0 Å². The van der Waals surface area contributed by atoms with Gasteiger partial charge in [-0.05, 0) is 46.7 Å². The second-order valence-corrected chi connectivity index (χ2v) is 11.9. The van der Waals surface area contributed by atoms with Crippen molar-refractivity contribution in [3.8, 4) is 0 Å². The van der Waals surface area contributed by atoms with E-state index in [1.54, 1.807) is 0 Å². The van der Waals surface area contributed by atoms with E-state index in [9.17, 15) is 4.79 Å². The number of thioether (sulfide) groups is 2. The fourth-order valence-electron chi connectivity index (χ4n) is 5.63. The van der Waals surface area contributed by atoms with E-state index in [2.05, 4.69) is 95.9 Å². The molecule has 2 nitrogen and oxygen atoms in total. The first kappa shape index (κ1) is 22.5. The molecule has 0 aliphatic carbocycles. The molecule has 6 rings (SSSR count). The molecular formula is C31H27NOS2. The average Bonchev–Trinajstić information content (AvgIpc) is 3.67. The van der Waals surface area contributed by atoms with Crippen LogP contribution in [0.2, 0.25) is 0 Å². The van der Waals surface area contributed by atoms with Crippen LogP contribution in [0.1, 0.15) is 39.5 Å². The molecule has 2 aliphatic heterocycles. The van der Waals surface area contributed by atoms with Crippen molar-refractivity contribution in [3.05, 3.63) is 144 Å². The number of hydrogen-bond donors (Lipinski definition) is 0. The summed E-state index contributed by atoms with van der Waals surface area (Å²) in [6, 6.07) is 41.9. The van der Waals surface area contributed by atoms with Gasteiger partial charge in [-0.1, -0.05) is 109 Å². The molecule has 0 unspecified atom stereocenters. The van der Waals surface area contributed by atoms with Crippen LogP contribution in [-0.4, -0.2) is 22.3 Å². The topological polar surface area (TPSA) is 20.1 Å². The highest BCUT2D eigenvalue weighted by Gasteiger charge is 2.77. The Morgan fingerprint density at radius 3 is 1.71 bits per heavy atom. The van der Waals surface area contributed by atoms with Gasteiger partial charge in [0.05, 0.1) is 6.04 Å². The Morgan fingerprint density at radius 1 is 0.657 bits per heavy atom. The van der Waals surface area contributed by atoms with Crippen LogP contribution in [-0.2, 0) is 9.62 Å². The van der Waals surface area contributed by atoms with Crippen molar-refractivity contribution in [3.63, 3.8) is 0 Å². The summed E-state index contributed by atoms with van der Waals surface area (Å²) in [5, 5.41) is 0. The fraction of sp³-hybridized carbons (Fsp3) is 0.194. The summed E-state index contributed by atoms with van der Waals surface area (Å²) in [5.74, 6) is 2.24. The lowest BCUT2D eigenvalue weighted by molar-refractivity contribution is 0.0841. The summed E-state index contributed by atoms with van der Waals surface area (Å²) in [6.45, 7) is 0. The second-order valence-electron chi connectivity index (χ2n) is 9.02. The van der Waals surface area contributed by atoms with Crippen molar-refractivity contribution in [2.75, 3.05) is 11.5 Å². The highest BCUT2D eigenvalue weighted by molar-refractivity contribution is 8.18. The maximum Gasteiger partial charge on any atom is 0.255 e. The molecule has 2 atom stereocenters. The minimum atomic E-state index is -0.514. The summed E-state index contributed by atoms with van der Waals surface area (Å²) in [5.41, 5.74) is 3.88. The molecular weight excluding hydrogens is 466 g/mol. The van der Waals surface area contributed by atoms with Crippen LogP contribution in [0, 0.1) is 0 Å². The smallest absolute Gasteiger partial charge is 0.255 e. The summed E-state index contributed by atoms with van der Waals surface area (Å²) in [4.78, 5) is 16.5. The maximum atomic E-state index is 14.3. The molecule has 4 aromatic carbocycles. The second kappa shape index (κ2) is 9.25. The molecule has 4 aromatic rings. The third kappa shape index (κ3) is 3.54. The van der Waals surface area contributed by atoms with Gasteiger partial charge in [0.15, 0.2) is 0 Å². The molecule has 0 aromatic heterocycles. The third-order valence-electron chi connectivity index (χ3n) is 7.09. The largest absolute Gasteiger partial charge is 0.314 e. The zero-order chi connectivity index (χ0) is 23.7. The standard InChI is InChI=1S/C31H27NOS2/c33-29(25-16-7-2-8-17-25)32-28(24-14-5-1-6-15-24)30(32,26-18-9-3-10-19-26)31(34-22-13-23-35-31)27-20-11-4-12-21-27/h1-12,14-21,28H,13,22-23H2/t28-,30-,32?/m0/s1. The number of hydrogen-bond acceptors (Lipinski definition) is 3. The normalized spacial score (nSPS) is 23.0. The molecule has 174 valence electrons. The molecule has 0 N–H and O–H groups in total. The highest BCUT2D eigenvalue weighted by Crippen LogP contribution is 2.76. The van der Waals surface area contributed by atoms with Crippen molar-refractivity contribution in [1.29, 1.82) is 0 Å². The summed E-state index contributed by atoms with van der Waals surface area (Å²) >= 11 is 4.02. The van der Waals surface area contributed by atoms with Gasteiger partial charge in [-0.25, -0.2) is 0 Å². The number of carbonyl (C=O) groups excluding carboxylic acids is 1. The Labute approximate surface area is 215 Å². The van der Waals surface area contributed by atoms with E-state index >= 15 is 0 Å². The van der Waals surface area contributed by atoms with Crippen LogP contribution in [0.25, 0.3) is 0 Å². The van der Waals surface area contributed by atoms with Crippen molar-refractivity contribution in [2.45, 2.75) is 22.1 Å². The van der Waals surface area contributed by atoms with Crippen LogP contribution in [0.5, 0.6) is 0 Å². The zero-order valence-electron chi connectivity index (χ0n) is 19.4. The molecule has 2 heterocycles. The average molecular weight is 494 g/mol. The first-order valence-electron chi connectivity index (χ1n) is 12.1. The lowest BCUT2D eigenvalue weighted by Crippen LogP contribution is -2.42. The Kier molecular flexibility index (Phi) is 5.95. The van der Waals surface area contributed by atoms with Crippen LogP contribution in [0.15, 0.2) is 121 Å². The molecule has 35 heavy (non-hydrogen) atoms. The monoisotopic (exact) mass is 493 g/mol. The molecule has 1 amide bonds. The minimum Gasteiger partial charge on any atom is -0.314 e. The molecule has 2 saturated heterocycles. The van der Waals surface area contributed by atoms with Gasteiger partial charge in [-0.15, -0.1) is 23.5 Å². The van der Waals surface area contributed by atoms with Crippen molar-refractivity contribution in [1.82, 2.24) is 4.90 Å². The van der Waals surface area contributed by atoms with E-state index in [-0.39, 0.29) is 16.0 Å². The van der Waals surface area contributed by atoms with Crippen LogP contribution >= 0.6 is 23.5 Å². The van der Waals surface area contributed by atoms with Gasteiger partial charge in [0, 0.05) is 5.56 Å². The number of benzene rings is 4. The highest BCUT2D eigenvalue weighted by atomic mass is 32.2. The SMILES string of the molecule is O=C(c1ccccc1)N1[C@@H](c2ccccc2)[C@@]1(c1ccccc1)C1(c2ccccc2)SCCCS1. The van der Waals surface area contributed by atoms with Crippen LogP contribution < -0.4 is 0 Å². The first-order valence-corrected chi connectivity index (χ1v) is 14.1. The van der Waals surface area contributed by atoms with Gasteiger partial charge in [0.1, 0.15) is 9.62 Å². The van der Waals surface area contributed by atoms with E-state index < -0.39 is 5.54 Å². The molecule has 0 saturated carbocycles. The quantitative estimate of drug-likeness (QED) is 0.268. The molecule has 0 spiro atoms. The zero-order valence-corrected chi connectivity index (χ0v) is 21.1. The molecule has 4 heteroatoms. The predicted molar refractivity (Wildman–Crippen MR) is 148 cm³/mol. The van der Waals surface area contributed by atoms with Gasteiger partial charge in [0.2, 0.25) is 0 Å². The third-order valence-corrected chi connectivity index (χ3v) is 10.7. The summed E-state index contributed by atoms with van der Waals surface area (Å²) in [7, 11) is 0. The van der Waals surface area contributed by atoms with Crippen molar-refractivity contribution >= 4 is 29.4 Å².